The number of pyridine rings is 1. The summed E-state index contributed by atoms with van der Waals surface area (Å²) in [5, 5.41) is 18.7. The van der Waals surface area contributed by atoms with Crippen LogP contribution in [-0.4, -0.2) is 11.2 Å². The average molecular weight is 304 g/mol. The Bertz CT molecular complexity index is 872. The van der Waals surface area contributed by atoms with Crippen molar-refractivity contribution in [1.29, 1.82) is 5.41 Å². The molecule has 0 atom stereocenters. The van der Waals surface area contributed by atoms with Gasteiger partial charge in [0, 0.05) is 23.8 Å². The molecule has 0 aliphatic heterocycles. The van der Waals surface area contributed by atoms with Crippen LogP contribution in [0.2, 0.25) is 0 Å². The quantitative estimate of drug-likeness (QED) is 0.289. The van der Waals surface area contributed by atoms with Crippen molar-refractivity contribution >= 4 is 28.6 Å². The van der Waals surface area contributed by atoms with Crippen LogP contribution in [-0.2, 0) is 6.54 Å². The van der Waals surface area contributed by atoms with Gasteiger partial charge in [0.25, 0.3) is 0 Å². The van der Waals surface area contributed by atoms with Crippen molar-refractivity contribution < 1.29 is 0 Å². The van der Waals surface area contributed by atoms with Gasteiger partial charge in [-0.1, -0.05) is 29.5 Å². The molecule has 23 heavy (non-hydrogen) atoms. The molecule has 3 rings (SSSR count). The first-order valence-electron chi connectivity index (χ1n) is 7.13. The Kier molecular flexibility index (Phi) is 4.24. The topological polar surface area (TPSA) is 99.5 Å². The SMILES string of the molecule is N=Cc1cccc(NCc2ccc3ccc(N=NN)nc3c2)c1. The molecule has 1 heterocycles. The summed E-state index contributed by atoms with van der Waals surface area (Å²) in [7, 11) is 0. The number of nitrogens with zero attached hydrogens (tertiary/aromatic N) is 3. The molecule has 0 amide bonds. The first-order valence-corrected chi connectivity index (χ1v) is 7.13. The normalized spacial score (nSPS) is 11.0. The van der Waals surface area contributed by atoms with Crippen molar-refractivity contribution in [3.8, 4) is 0 Å². The van der Waals surface area contributed by atoms with E-state index in [0.717, 1.165) is 27.7 Å². The van der Waals surface area contributed by atoms with Gasteiger partial charge in [0.1, 0.15) is 0 Å². The second kappa shape index (κ2) is 6.65. The van der Waals surface area contributed by atoms with Crippen LogP contribution in [0.3, 0.4) is 0 Å². The third kappa shape index (κ3) is 3.49. The molecule has 6 nitrogen and oxygen atoms in total. The molecule has 3 aromatic rings. The minimum absolute atomic E-state index is 0.490. The lowest BCUT2D eigenvalue weighted by Crippen LogP contribution is -2.00. The minimum Gasteiger partial charge on any atom is -0.381 e. The van der Waals surface area contributed by atoms with Crippen LogP contribution in [0.5, 0.6) is 0 Å². The van der Waals surface area contributed by atoms with Crippen LogP contribution in [0.25, 0.3) is 10.9 Å². The number of nitrogens with two attached hydrogens (primary N) is 1. The first kappa shape index (κ1) is 14.6. The summed E-state index contributed by atoms with van der Waals surface area (Å²) in [5.41, 5.74) is 3.80. The van der Waals surface area contributed by atoms with E-state index in [0.29, 0.717) is 12.4 Å². The van der Waals surface area contributed by atoms with E-state index >= 15 is 0 Å². The van der Waals surface area contributed by atoms with Crippen molar-refractivity contribution in [2.24, 2.45) is 16.2 Å². The standard InChI is InChI=1S/C17H16N6/c18-10-12-2-1-3-15(8-12)20-11-13-4-5-14-6-7-17(22-23-19)21-16(14)9-13/h1-10,18,20H,11H2,(H2,19,21,22). The number of rotatable bonds is 5. The molecule has 4 N–H and O–H groups in total. The second-order valence-corrected chi connectivity index (χ2v) is 5.04. The molecule has 0 fully saturated rings. The summed E-state index contributed by atoms with van der Waals surface area (Å²) in [4.78, 5) is 4.41. The highest BCUT2D eigenvalue weighted by Gasteiger charge is 2.01. The number of nitrogens with one attached hydrogen (secondary N) is 2. The highest BCUT2D eigenvalue weighted by atomic mass is 15.3. The lowest BCUT2D eigenvalue weighted by atomic mass is 10.1. The number of benzene rings is 2. The van der Waals surface area contributed by atoms with Gasteiger partial charge in [-0.3, -0.25) is 0 Å². The molecule has 0 radical (unpaired) electrons. The van der Waals surface area contributed by atoms with E-state index in [1.165, 1.54) is 6.21 Å². The van der Waals surface area contributed by atoms with Crippen LogP contribution in [0.4, 0.5) is 11.5 Å². The van der Waals surface area contributed by atoms with E-state index in [2.05, 4.69) is 26.7 Å². The molecule has 0 aliphatic carbocycles. The molecular weight excluding hydrogens is 288 g/mol. The summed E-state index contributed by atoms with van der Waals surface area (Å²) >= 11 is 0. The average Bonchev–Trinajstić information content (AvgIpc) is 2.60. The van der Waals surface area contributed by atoms with E-state index in [1.807, 2.05) is 42.5 Å². The summed E-state index contributed by atoms with van der Waals surface area (Å²) in [6.07, 6.45) is 1.33. The fourth-order valence-corrected chi connectivity index (χ4v) is 2.32. The molecule has 0 saturated carbocycles. The summed E-state index contributed by atoms with van der Waals surface area (Å²) in [6.45, 7) is 0.668. The summed E-state index contributed by atoms with van der Waals surface area (Å²) in [6, 6.07) is 17.5. The molecule has 0 saturated heterocycles. The molecule has 1 aromatic heterocycles. The van der Waals surface area contributed by atoms with Crippen molar-refractivity contribution in [3.63, 3.8) is 0 Å². The van der Waals surface area contributed by atoms with Crippen molar-refractivity contribution in [2.75, 3.05) is 5.32 Å². The maximum absolute atomic E-state index is 7.29. The highest BCUT2D eigenvalue weighted by Crippen LogP contribution is 2.19. The molecule has 2 aromatic carbocycles. The fourth-order valence-electron chi connectivity index (χ4n) is 2.32. The minimum atomic E-state index is 0.490. The van der Waals surface area contributed by atoms with Crippen LogP contribution >= 0.6 is 0 Å². The summed E-state index contributed by atoms with van der Waals surface area (Å²) in [5.74, 6) is 5.55. The smallest absolute Gasteiger partial charge is 0.176 e. The maximum Gasteiger partial charge on any atom is 0.176 e. The van der Waals surface area contributed by atoms with Gasteiger partial charge in [0.2, 0.25) is 0 Å². The van der Waals surface area contributed by atoms with Gasteiger partial charge >= 0.3 is 0 Å². The zero-order valence-corrected chi connectivity index (χ0v) is 12.4. The summed E-state index contributed by atoms with van der Waals surface area (Å²) < 4.78 is 0. The largest absolute Gasteiger partial charge is 0.381 e. The monoisotopic (exact) mass is 304 g/mol. The lowest BCUT2D eigenvalue weighted by molar-refractivity contribution is 1.04. The number of aromatic nitrogens is 1. The fraction of sp³-hybridized carbons (Fsp3) is 0.0588. The van der Waals surface area contributed by atoms with Crippen molar-refractivity contribution in [3.05, 3.63) is 65.7 Å². The molecule has 6 heteroatoms. The van der Waals surface area contributed by atoms with Gasteiger partial charge in [-0.05, 0) is 41.5 Å². The van der Waals surface area contributed by atoms with Gasteiger partial charge < -0.3 is 16.6 Å². The predicted molar refractivity (Wildman–Crippen MR) is 92.1 cm³/mol. The Labute approximate surface area is 133 Å². The molecule has 114 valence electrons. The first-order chi connectivity index (χ1) is 11.3. The van der Waals surface area contributed by atoms with E-state index in [-0.39, 0.29) is 0 Å². The molecular formula is C17H16N6. The third-order valence-electron chi connectivity index (χ3n) is 3.45. The van der Waals surface area contributed by atoms with E-state index < -0.39 is 0 Å². The predicted octanol–water partition coefficient (Wildman–Crippen LogP) is 3.80. The van der Waals surface area contributed by atoms with Crippen LogP contribution in [0.15, 0.2) is 64.9 Å². The lowest BCUT2D eigenvalue weighted by Gasteiger charge is -2.08. The zero-order valence-electron chi connectivity index (χ0n) is 12.4. The Balaban J connectivity index is 1.80. The molecule has 0 spiro atoms. The molecule has 0 aliphatic rings. The van der Waals surface area contributed by atoms with Gasteiger partial charge in [0.05, 0.1) is 5.52 Å². The Morgan fingerprint density at radius 1 is 1.13 bits per heavy atom. The van der Waals surface area contributed by atoms with Crippen LogP contribution < -0.4 is 11.2 Å². The van der Waals surface area contributed by atoms with Crippen LogP contribution in [0, 0.1) is 5.41 Å². The number of hydrogen-bond acceptors (Lipinski definition) is 5. The van der Waals surface area contributed by atoms with E-state index in [1.54, 1.807) is 6.07 Å². The Morgan fingerprint density at radius 3 is 2.83 bits per heavy atom. The van der Waals surface area contributed by atoms with Gasteiger partial charge in [-0.25, -0.2) is 4.98 Å². The van der Waals surface area contributed by atoms with E-state index in [9.17, 15) is 0 Å². The number of anilines is 1. The van der Waals surface area contributed by atoms with Crippen molar-refractivity contribution in [1.82, 2.24) is 4.98 Å². The van der Waals surface area contributed by atoms with Gasteiger partial charge in [-0.2, -0.15) is 0 Å². The second-order valence-electron chi connectivity index (χ2n) is 5.04. The van der Waals surface area contributed by atoms with Crippen molar-refractivity contribution in [2.45, 2.75) is 6.54 Å². The molecule has 0 bridgehead atoms. The van der Waals surface area contributed by atoms with E-state index in [4.69, 9.17) is 11.3 Å². The third-order valence-corrected chi connectivity index (χ3v) is 3.45. The zero-order chi connectivity index (χ0) is 16.1. The Hall–Kier alpha value is -3.28. The van der Waals surface area contributed by atoms with Gasteiger partial charge in [-0.15, -0.1) is 5.11 Å². The maximum atomic E-state index is 7.29. The van der Waals surface area contributed by atoms with Crippen LogP contribution in [0.1, 0.15) is 11.1 Å². The van der Waals surface area contributed by atoms with Gasteiger partial charge in [0.15, 0.2) is 5.82 Å². The molecule has 0 unspecified atom stereocenters. The highest BCUT2D eigenvalue weighted by molar-refractivity contribution is 5.81. The number of fused-ring (bicyclic) bond motifs is 1. The Morgan fingerprint density at radius 2 is 2.00 bits per heavy atom. The number of hydrogen-bond donors (Lipinski definition) is 3.